The molecule has 0 radical (unpaired) electrons. The molecule has 1 saturated heterocycles. The summed E-state index contributed by atoms with van der Waals surface area (Å²) in [7, 11) is 2.10. The van der Waals surface area contributed by atoms with Crippen LogP contribution in [-0.4, -0.2) is 24.2 Å². The Morgan fingerprint density at radius 2 is 2.00 bits per heavy atom. The third-order valence-electron chi connectivity index (χ3n) is 2.60. The van der Waals surface area contributed by atoms with E-state index in [0.717, 1.165) is 12.3 Å². The van der Waals surface area contributed by atoms with Crippen molar-refractivity contribution in [3.8, 4) is 0 Å². The molecule has 1 heterocycles. The molecule has 0 bridgehead atoms. The summed E-state index contributed by atoms with van der Waals surface area (Å²) in [6.45, 7) is 4.49. The summed E-state index contributed by atoms with van der Waals surface area (Å²) < 4.78 is 0. The van der Waals surface area contributed by atoms with Gasteiger partial charge in [-0.3, -0.25) is 4.90 Å². The van der Waals surface area contributed by atoms with E-state index >= 15 is 0 Å². The predicted octanol–water partition coefficient (Wildman–Crippen LogP) is 0.631. The van der Waals surface area contributed by atoms with Gasteiger partial charge in [-0.1, -0.05) is 6.92 Å². The smallest absolute Gasteiger partial charge is 0.0574 e. The molecule has 3 unspecified atom stereocenters. The lowest BCUT2D eigenvalue weighted by atomic mass is 10.1. The van der Waals surface area contributed by atoms with E-state index in [0.29, 0.717) is 12.2 Å². The van der Waals surface area contributed by atoms with Gasteiger partial charge in [-0.05, 0) is 26.3 Å². The number of nitrogens with two attached hydrogens (primary N) is 1. The first-order valence-corrected chi connectivity index (χ1v) is 3.60. The van der Waals surface area contributed by atoms with Crippen LogP contribution in [0.15, 0.2) is 0 Å². The quantitative estimate of drug-likeness (QED) is 0.518. The zero-order chi connectivity index (χ0) is 7.02. The minimum absolute atomic E-state index is 0.301. The van der Waals surface area contributed by atoms with Gasteiger partial charge in [0.05, 0.1) is 6.17 Å². The zero-order valence-corrected chi connectivity index (χ0v) is 6.46. The van der Waals surface area contributed by atoms with Crippen molar-refractivity contribution in [3.05, 3.63) is 0 Å². The van der Waals surface area contributed by atoms with Crippen molar-refractivity contribution < 1.29 is 0 Å². The highest BCUT2D eigenvalue weighted by Gasteiger charge is 2.30. The summed E-state index contributed by atoms with van der Waals surface area (Å²) in [4.78, 5) is 2.24. The first-order chi connectivity index (χ1) is 4.13. The van der Waals surface area contributed by atoms with Crippen molar-refractivity contribution in [2.24, 2.45) is 11.7 Å². The monoisotopic (exact) mass is 128 g/mol. The van der Waals surface area contributed by atoms with Gasteiger partial charge < -0.3 is 5.73 Å². The number of hydrogen-bond acceptors (Lipinski definition) is 2. The Balaban J connectivity index is 2.54. The highest BCUT2D eigenvalue weighted by molar-refractivity contribution is 4.83. The lowest BCUT2D eigenvalue weighted by molar-refractivity contribution is 0.246. The summed E-state index contributed by atoms with van der Waals surface area (Å²) in [5, 5.41) is 0. The van der Waals surface area contributed by atoms with Crippen LogP contribution in [0.1, 0.15) is 20.3 Å². The Labute approximate surface area is 57.0 Å². The van der Waals surface area contributed by atoms with Crippen molar-refractivity contribution in [2.75, 3.05) is 7.05 Å². The Bertz CT molecular complexity index is 91.1. The molecule has 0 spiro atoms. The fourth-order valence-electron chi connectivity index (χ4n) is 1.45. The molecular formula is C7H16N2. The molecule has 1 rings (SSSR count). The summed E-state index contributed by atoms with van der Waals surface area (Å²) in [6.07, 6.45) is 1.45. The van der Waals surface area contributed by atoms with Gasteiger partial charge in [0.25, 0.3) is 0 Å². The van der Waals surface area contributed by atoms with Gasteiger partial charge in [-0.25, -0.2) is 0 Å². The van der Waals surface area contributed by atoms with E-state index in [9.17, 15) is 0 Å². The van der Waals surface area contributed by atoms with E-state index in [1.54, 1.807) is 0 Å². The van der Waals surface area contributed by atoms with Crippen LogP contribution < -0.4 is 5.73 Å². The number of nitrogens with zero attached hydrogens (tertiary/aromatic N) is 1. The Morgan fingerprint density at radius 1 is 1.44 bits per heavy atom. The minimum atomic E-state index is 0.301. The van der Waals surface area contributed by atoms with Crippen LogP contribution in [0.25, 0.3) is 0 Å². The van der Waals surface area contributed by atoms with Crippen LogP contribution >= 0.6 is 0 Å². The second-order valence-corrected chi connectivity index (χ2v) is 3.19. The van der Waals surface area contributed by atoms with Crippen LogP contribution in [0.3, 0.4) is 0 Å². The summed E-state index contributed by atoms with van der Waals surface area (Å²) in [5.74, 6) is 0.769. The average molecular weight is 128 g/mol. The van der Waals surface area contributed by atoms with Gasteiger partial charge >= 0.3 is 0 Å². The number of hydrogen-bond donors (Lipinski definition) is 1. The number of likely N-dealkylation sites (tertiary alicyclic amines) is 1. The van der Waals surface area contributed by atoms with Crippen LogP contribution in [0.5, 0.6) is 0 Å². The molecule has 2 N–H and O–H groups in total. The van der Waals surface area contributed by atoms with E-state index in [2.05, 4.69) is 25.8 Å². The van der Waals surface area contributed by atoms with Crippen LogP contribution in [0.4, 0.5) is 0 Å². The molecule has 0 amide bonds. The molecule has 3 atom stereocenters. The molecule has 0 aromatic rings. The summed E-state index contributed by atoms with van der Waals surface area (Å²) in [6, 6.07) is 0.667. The second-order valence-electron chi connectivity index (χ2n) is 3.19. The molecule has 1 fully saturated rings. The normalized spacial score (nSPS) is 46.0. The van der Waals surface area contributed by atoms with Gasteiger partial charge in [0.1, 0.15) is 0 Å². The molecule has 54 valence electrons. The first kappa shape index (κ1) is 7.03. The molecule has 0 aliphatic carbocycles. The lowest BCUT2D eigenvalue weighted by Crippen LogP contribution is -2.36. The van der Waals surface area contributed by atoms with E-state index in [-0.39, 0.29) is 0 Å². The van der Waals surface area contributed by atoms with Crippen LogP contribution in [-0.2, 0) is 0 Å². The molecule has 0 aromatic heterocycles. The molecule has 2 heteroatoms. The second kappa shape index (κ2) is 2.27. The fourth-order valence-corrected chi connectivity index (χ4v) is 1.45. The van der Waals surface area contributed by atoms with Gasteiger partial charge in [0, 0.05) is 6.04 Å². The topological polar surface area (TPSA) is 29.3 Å². The minimum Gasteiger partial charge on any atom is -0.316 e. The van der Waals surface area contributed by atoms with Gasteiger partial charge in [-0.2, -0.15) is 0 Å². The van der Waals surface area contributed by atoms with E-state index < -0.39 is 0 Å². The molecule has 0 aromatic carbocycles. The van der Waals surface area contributed by atoms with E-state index in [1.807, 2.05) is 0 Å². The first-order valence-electron chi connectivity index (χ1n) is 3.60. The molecule has 9 heavy (non-hydrogen) atoms. The van der Waals surface area contributed by atoms with Crippen molar-refractivity contribution in [3.63, 3.8) is 0 Å². The molecular weight excluding hydrogens is 112 g/mol. The molecule has 0 saturated carbocycles. The van der Waals surface area contributed by atoms with Gasteiger partial charge in [0.15, 0.2) is 0 Å². The number of rotatable bonds is 0. The maximum Gasteiger partial charge on any atom is 0.0574 e. The zero-order valence-electron chi connectivity index (χ0n) is 6.46. The Hall–Kier alpha value is -0.0800. The summed E-state index contributed by atoms with van der Waals surface area (Å²) in [5.41, 5.74) is 5.78. The lowest BCUT2D eigenvalue weighted by Gasteiger charge is -2.20. The standard InChI is InChI=1S/C7H16N2/c1-5-4-7(8)9(3)6(5)2/h5-7H,4,8H2,1-3H3. The fraction of sp³-hybridized carbons (Fsp3) is 1.00. The average Bonchev–Trinajstić information content (AvgIpc) is 1.98. The third kappa shape index (κ3) is 1.10. The van der Waals surface area contributed by atoms with Crippen molar-refractivity contribution in [1.29, 1.82) is 0 Å². The Morgan fingerprint density at radius 3 is 2.11 bits per heavy atom. The molecule has 2 nitrogen and oxygen atoms in total. The van der Waals surface area contributed by atoms with E-state index in [1.165, 1.54) is 0 Å². The van der Waals surface area contributed by atoms with Crippen LogP contribution in [0.2, 0.25) is 0 Å². The van der Waals surface area contributed by atoms with Crippen LogP contribution in [0, 0.1) is 5.92 Å². The summed E-state index contributed by atoms with van der Waals surface area (Å²) >= 11 is 0. The van der Waals surface area contributed by atoms with Crippen molar-refractivity contribution in [2.45, 2.75) is 32.5 Å². The van der Waals surface area contributed by atoms with Gasteiger partial charge in [-0.15, -0.1) is 0 Å². The molecule has 1 aliphatic heterocycles. The van der Waals surface area contributed by atoms with Crippen molar-refractivity contribution >= 4 is 0 Å². The highest BCUT2D eigenvalue weighted by Crippen LogP contribution is 2.24. The maximum atomic E-state index is 5.78. The highest BCUT2D eigenvalue weighted by atomic mass is 15.2. The largest absolute Gasteiger partial charge is 0.316 e. The predicted molar refractivity (Wildman–Crippen MR) is 39.0 cm³/mol. The SMILES string of the molecule is CC1CC(N)N(C)C1C. The van der Waals surface area contributed by atoms with Crippen molar-refractivity contribution in [1.82, 2.24) is 4.90 Å². The van der Waals surface area contributed by atoms with Gasteiger partial charge in [0.2, 0.25) is 0 Å². The molecule has 1 aliphatic rings. The third-order valence-corrected chi connectivity index (χ3v) is 2.60. The Kier molecular flexibility index (Phi) is 1.78. The van der Waals surface area contributed by atoms with E-state index in [4.69, 9.17) is 5.73 Å². The maximum absolute atomic E-state index is 5.78.